The molecule has 0 aliphatic rings. The van der Waals surface area contributed by atoms with Crippen LogP contribution in [0.25, 0.3) is 0 Å². The Kier molecular flexibility index (Phi) is 6.10. The van der Waals surface area contributed by atoms with E-state index < -0.39 is 4.92 Å². The van der Waals surface area contributed by atoms with Crippen molar-refractivity contribution in [3.05, 3.63) is 58.4 Å². The van der Waals surface area contributed by atoms with Crippen molar-refractivity contribution in [1.29, 1.82) is 0 Å². The number of nitro groups is 1. The van der Waals surface area contributed by atoms with Gasteiger partial charge in [-0.2, -0.15) is 0 Å². The lowest BCUT2D eigenvalue weighted by molar-refractivity contribution is -0.688. The van der Waals surface area contributed by atoms with Gasteiger partial charge in [-0.05, 0) is 0 Å². The Hall–Kier alpha value is -2.15. The molecule has 0 fully saturated rings. The molecule has 2 rings (SSSR count). The zero-order valence-corrected chi connectivity index (χ0v) is 13.2. The Bertz CT molecular complexity index is 620. The van der Waals surface area contributed by atoms with Gasteiger partial charge in [-0.3, -0.25) is 10.1 Å². The maximum atomic E-state index is 11.2. The average molecular weight is 355 g/mol. The Balaban J connectivity index is 0.00000220. The number of rotatable bonds is 5. The number of aromatic nitrogens is 1. The number of pyridine rings is 1. The van der Waals surface area contributed by atoms with Crippen LogP contribution >= 0.6 is 0 Å². The summed E-state index contributed by atoms with van der Waals surface area (Å²) >= 11 is 0. The van der Waals surface area contributed by atoms with Crippen molar-refractivity contribution in [3.8, 4) is 11.5 Å². The Labute approximate surface area is 132 Å². The fourth-order valence-corrected chi connectivity index (χ4v) is 1.95. The summed E-state index contributed by atoms with van der Waals surface area (Å²) in [6, 6.07) is 8.66. The number of hydrogen-bond donors (Lipinski definition) is 0. The number of hydrogen-bond acceptors (Lipinski definition) is 4. The minimum atomic E-state index is -0.427. The van der Waals surface area contributed by atoms with Gasteiger partial charge in [0.2, 0.25) is 0 Å². The van der Waals surface area contributed by atoms with E-state index in [2.05, 4.69) is 0 Å². The van der Waals surface area contributed by atoms with Crippen LogP contribution in [-0.2, 0) is 6.54 Å². The number of ether oxygens (including phenoxy) is 2. The summed E-state index contributed by atoms with van der Waals surface area (Å²) < 4.78 is 12.2. The molecular formula is C14H15BrN2O4. The van der Waals surface area contributed by atoms with E-state index in [1.807, 2.05) is 35.2 Å². The van der Waals surface area contributed by atoms with Crippen LogP contribution in [0.5, 0.6) is 11.5 Å². The third-order valence-corrected chi connectivity index (χ3v) is 2.93. The molecule has 0 saturated carbocycles. The maximum Gasteiger partial charge on any atom is 0.286 e. The number of benzene rings is 1. The van der Waals surface area contributed by atoms with E-state index in [1.54, 1.807) is 6.07 Å². The van der Waals surface area contributed by atoms with Gasteiger partial charge in [0, 0.05) is 18.2 Å². The van der Waals surface area contributed by atoms with E-state index in [4.69, 9.17) is 9.47 Å². The van der Waals surface area contributed by atoms with Crippen molar-refractivity contribution >= 4 is 5.69 Å². The molecular weight excluding hydrogens is 340 g/mol. The van der Waals surface area contributed by atoms with Crippen LogP contribution in [-0.4, -0.2) is 19.1 Å². The van der Waals surface area contributed by atoms with Crippen LogP contribution in [0.15, 0.2) is 42.7 Å². The molecule has 112 valence electrons. The molecule has 0 aliphatic heterocycles. The highest BCUT2D eigenvalue weighted by atomic mass is 79.9. The first-order chi connectivity index (χ1) is 9.65. The van der Waals surface area contributed by atoms with Crippen molar-refractivity contribution in [1.82, 2.24) is 0 Å². The Morgan fingerprint density at radius 2 is 1.81 bits per heavy atom. The van der Waals surface area contributed by atoms with Crippen LogP contribution in [0.1, 0.15) is 5.56 Å². The van der Waals surface area contributed by atoms with Gasteiger partial charge in [-0.25, -0.2) is 4.57 Å². The lowest BCUT2D eigenvalue weighted by Crippen LogP contribution is -3.00. The summed E-state index contributed by atoms with van der Waals surface area (Å²) in [5.74, 6) is 0.836. The minimum absolute atomic E-state index is 0. The average Bonchev–Trinajstić information content (AvgIpc) is 2.48. The van der Waals surface area contributed by atoms with Gasteiger partial charge in [-0.1, -0.05) is 6.07 Å². The molecule has 0 unspecified atom stereocenters. The highest BCUT2D eigenvalue weighted by Gasteiger charge is 2.24. The van der Waals surface area contributed by atoms with Crippen molar-refractivity contribution in [2.75, 3.05) is 14.2 Å². The predicted octanol–water partition coefficient (Wildman–Crippen LogP) is -1.05. The van der Waals surface area contributed by atoms with Crippen LogP contribution in [0.4, 0.5) is 5.69 Å². The highest BCUT2D eigenvalue weighted by Crippen LogP contribution is 2.33. The molecule has 6 nitrogen and oxygen atoms in total. The number of halogens is 1. The number of nitrogens with zero attached hydrogens (tertiary/aromatic N) is 2. The van der Waals surface area contributed by atoms with Gasteiger partial charge in [0.05, 0.1) is 25.2 Å². The van der Waals surface area contributed by atoms with Gasteiger partial charge in [0.25, 0.3) is 5.69 Å². The first kappa shape index (κ1) is 16.9. The van der Waals surface area contributed by atoms with Crippen molar-refractivity contribution in [3.63, 3.8) is 0 Å². The van der Waals surface area contributed by atoms with E-state index in [0.29, 0.717) is 23.6 Å². The maximum absolute atomic E-state index is 11.2. The topological polar surface area (TPSA) is 65.5 Å². The highest BCUT2D eigenvalue weighted by molar-refractivity contribution is 5.54. The Morgan fingerprint density at radius 1 is 1.14 bits per heavy atom. The van der Waals surface area contributed by atoms with Crippen molar-refractivity contribution in [2.24, 2.45) is 0 Å². The number of methoxy groups -OCH3 is 2. The minimum Gasteiger partial charge on any atom is -1.00 e. The quantitative estimate of drug-likeness (QED) is 0.390. The lowest BCUT2D eigenvalue weighted by atomic mass is 10.1. The summed E-state index contributed by atoms with van der Waals surface area (Å²) in [5.41, 5.74) is 0.493. The van der Waals surface area contributed by atoms with Crippen LogP contribution in [0.2, 0.25) is 0 Å². The fraction of sp³-hybridized carbons (Fsp3) is 0.214. The summed E-state index contributed by atoms with van der Waals surface area (Å²) in [4.78, 5) is 10.8. The number of nitro benzene ring substituents is 1. The molecule has 0 amide bonds. The molecule has 1 heterocycles. The van der Waals surface area contributed by atoms with Gasteiger partial charge in [0.1, 0.15) is 17.1 Å². The van der Waals surface area contributed by atoms with Gasteiger partial charge < -0.3 is 26.5 Å². The molecule has 1 aromatic carbocycles. The molecule has 0 radical (unpaired) electrons. The summed E-state index contributed by atoms with van der Waals surface area (Å²) in [5, 5.41) is 11.2. The van der Waals surface area contributed by atoms with Crippen molar-refractivity contribution < 1.29 is 35.9 Å². The molecule has 2 aromatic rings. The first-order valence-corrected chi connectivity index (χ1v) is 5.99. The summed E-state index contributed by atoms with van der Waals surface area (Å²) in [6.07, 6.45) is 3.68. The first-order valence-electron chi connectivity index (χ1n) is 5.99. The molecule has 0 N–H and O–H groups in total. The van der Waals surface area contributed by atoms with Crippen molar-refractivity contribution in [2.45, 2.75) is 6.54 Å². The standard InChI is InChI=1S/C14H15N2O4.BrH/c1-19-11-8-13(16(17)18)12(14(9-11)20-2)10-15-6-4-3-5-7-15;/h3-9H,10H2,1-2H3;1H/q+1;/p-1. The summed E-state index contributed by atoms with van der Waals surface area (Å²) in [7, 11) is 2.95. The summed E-state index contributed by atoms with van der Waals surface area (Å²) in [6.45, 7) is 0.352. The Morgan fingerprint density at radius 3 is 2.33 bits per heavy atom. The second kappa shape index (κ2) is 7.58. The van der Waals surface area contributed by atoms with Gasteiger partial charge in [0.15, 0.2) is 18.9 Å². The van der Waals surface area contributed by atoms with Gasteiger partial charge >= 0.3 is 0 Å². The van der Waals surface area contributed by atoms with Crippen LogP contribution in [0.3, 0.4) is 0 Å². The normalized spacial score (nSPS) is 9.62. The van der Waals surface area contributed by atoms with E-state index in [-0.39, 0.29) is 22.7 Å². The molecule has 0 aliphatic carbocycles. The molecule has 7 heteroatoms. The smallest absolute Gasteiger partial charge is 0.286 e. The van der Waals surface area contributed by atoms with Gasteiger partial charge in [-0.15, -0.1) is 0 Å². The lowest BCUT2D eigenvalue weighted by Gasteiger charge is -2.09. The molecule has 0 atom stereocenters. The second-order valence-corrected chi connectivity index (χ2v) is 4.13. The van der Waals surface area contributed by atoms with E-state index in [1.165, 1.54) is 20.3 Å². The molecule has 0 saturated heterocycles. The predicted molar refractivity (Wildman–Crippen MR) is 71.9 cm³/mol. The third-order valence-electron chi connectivity index (χ3n) is 2.93. The molecule has 0 spiro atoms. The zero-order valence-electron chi connectivity index (χ0n) is 11.7. The third kappa shape index (κ3) is 3.91. The monoisotopic (exact) mass is 354 g/mol. The largest absolute Gasteiger partial charge is 1.00 e. The fourth-order valence-electron chi connectivity index (χ4n) is 1.95. The zero-order chi connectivity index (χ0) is 14.5. The van der Waals surface area contributed by atoms with E-state index >= 15 is 0 Å². The van der Waals surface area contributed by atoms with E-state index in [9.17, 15) is 10.1 Å². The molecule has 1 aromatic heterocycles. The van der Waals surface area contributed by atoms with E-state index in [0.717, 1.165) is 0 Å². The molecule has 0 bridgehead atoms. The second-order valence-electron chi connectivity index (χ2n) is 4.13. The SMILES string of the molecule is COc1cc(OC)c(C[n+]2ccccc2)c([N+](=O)[O-])c1.[Br-]. The molecule has 21 heavy (non-hydrogen) atoms. The van der Waals surface area contributed by atoms with Crippen LogP contribution in [0, 0.1) is 10.1 Å². The van der Waals surface area contributed by atoms with Crippen LogP contribution < -0.4 is 31.0 Å².